The highest BCUT2D eigenvalue weighted by Gasteiger charge is 2.28. The van der Waals surface area contributed by atoms with Crippen molar-refractivity contribution in [3.05, 3.63) is 0 Å². The first kappa shape index (κ1) is 16.4. The van der Waals surface area contributed by atoms with Gasteiger partial charge >= 0.3 is 0 Å². The first-order valence-corrected chi connectivity index (χ1v) is 6.15. The molecule has 0 spiro atoms. The average Bonchev–Trinajstić information content (AvgIpc) is 2.36. The lowest BCUT2D eigenvalue weighted by molar-refractivity contribution is -0.129. The first-order chi connectivity index (χ1) is 8.10. The summed E-state index contributed by atoms with van der Waals surface area (Å²) in [6.45, 7) is 6.70. The predicted octanol–water partition coefficient (Wildman–Crippen LogP) is 0.531. The lowest BCUT2D eigenvalue weighted by atomic mass is 9.87. The number of amides is 1. The highest BCUT2D eigenvalue weighted by Crippen LogP contribution is 2.18. The van der Waals surface area contributed by atoms with Gasteiger partial charge in [0, 0.05) is 26.8 Å². The van der Waals surface area contributed by atoms with Gasteiger partial charge in [-0.1, -0.05) is 6.92 Å². The minimum absolute atomic E-state index is 0.0272. The van der Waals surface area contributed by atoms with Crippen molar-refractivity contribution in [3.63, 3.8) is 0 Å². The molecular weight excluding hydrogens is 220 g/mol. The van der Waals surface area contributed by atoms with Crippen LogP contribution in [0.1, 0.15) is 26.7 Å². The van der Waals surface area contributed by atoms with E-state index in [4.69, 9.17) is 15.2 Å². The maximum absolute atomic E-state index is 11.8. The van der Waals surface area contributed by atoms with Gasteiger partial charge in [-0.3, -0.25) is 4.79 Å². The van der Waals surface area contributed by atoms with Gasteiger partial charge in [0.2, 0.25) is 5.91 Å². The maximum atomic E-state index is 11.8. The third-order valence-corrected chi connectivity index (χ3v) is 2.96. The fourth-order valence-electron chi connectivity index (χ4n) is 1.23. The molecule has 1 amide bonds. The molecule has 0 aromatic carbocycles. The zero-order valence-corrected chi connectivity index (χ0v) is 11.3. The number of hydrogen-bond donors (Lipinski definition) is 2. The second kappa shape index (κ2) is 9.39. The molecule has 0 rings (SSSR count). The van der Waals surface area contributed by atoms with Gasteiger partial charge in [-0.25, -0.2) is 0 Å². The van der Waals surface area contributed by atoms with Gasteiger partial charge in [0.25, 0.3) is 0 Å². The molecule has 3 N–H and O–H groups in total. The van der Waals surface area contributed by atoms with Gasteiger partial charge in [-0.05, 0) is 19.8 Å². The summed E-state index contributed by atoms with van der Waals surface area (Å²) in [5.74, 6) is 0.0272. The molecule has 0 bridgehead atoms. The summed E-state index contributed by atoms with van der Waals surface area (Å²) in [6, 6.07) is 0. The van der Waals surface area contributed by atoms with Crippen LogP contribution < -0.4 is 11.1 Å². The van der Waals surface area contributed by atoms with Crippen molar-refractivity contribution < 1.29 is 14.3 Å². The zero-order valence-electron chi connectivity index (χ0n) is 11.3. The number of methoxy groups -OCH3 is 1. The summed E-state index contributed by atoms with van der Waals surface area (Å²) in [5, 5.41) is 2.89. The van der Waals surface area contributed by atoms with E-state index < -0.39 is 5.41 Å². The minimum atomic E-state index is -0.448. The summed E-state index contributed by atoms with van der Waals surface area (Å²) in [7, 11) is 1.64. The lowest BCUT2D eigenvalue weighted by Gasteiger charge is -2.24. The first-order valence-electron chi connectivity index (χ1n) is 6.15. The van der Waals surface area contributed by atoms with E-state index in [0.717, 1.165) is 12.8 Å². The van der Waals surface area contributed by atoms with Crippen LogP contribution in [0.15, 0.2) is 0 Å². The molecule has 1 unspecified atom stereocenters. The van der Waals surface area contributed by atoms with Crippen LogP contribution in [0.5, 0.6) is 0 Å². The molecule has 102 valence electrons. The van der Waals surface area contributed by atoms with Gasteiger partial charge in [0.1, 0.15) is 0 Å². The Morgan fingerprint density at radius 2 is 2.06 bits per heavy atom. The summed E-state index contributed by atoms with van der Waals surface area (Å²) >= 11 is 0. The fraction of sp³-hybridized carbons (Fsp3) is 0.917. The quantitative estimate of drug-likeness (QED) is 0.551. The van der Waals surface area contributed by atoms with Gasteiger partial charge in [-0.15, -0.1) is 0 Å². The Bertz CT molecular complexity index is 206. The van der Waals surface area contributed by atoms with Crippen molar-refractivity contribution >= 4 is 5.91 Å². The highest BCUT2D eigenvalue weighted by molar-refractivity contribution is 5.82. The van der Waals surface area contributed by atoms with Gasteiger partial charge in [0.05, 0.1) is 18.6 Å². The molecule has 0 aliphatic heterocycles. The van der Waals surface area contributed by atoms with E-state index in [1.165, 1.54) is 0 Å². The second-order valence-electron chi connectivity index (χ2n) is 4.33. The summed E-state index contributed by atoms with van der Waals surface area (Å²) in [4.78, 5) is 11.8. The normalized spacial score (nSPS) is 14.4. The smallest absolute Gasteiger partial charge is 0.227 e. The Balaban J connectivity index is 3.57. The molecular formula is C12H26N2O3. The molecule has 17 heavy (non-hydrogen) atoms. The Kier molecular flexibility index (Phi) is 9.03. The summed E-state index contributed by atoms with van der Waals surface area (Å²) in [6.07, 6.45) is 1.56. The standard InChI is InChI=1S/C12H26N2O3/c1-4-12(2,10-13)11(15)14-6-5-7-17-9-8-16-3/h4-10,13H2,1-3H3,(H,14,15). The van der Waals surface area contributed by atoms with Crippen LogP contribution in [-0.4, -0.2) is 45.9 Å². The molecule has 5 nitrogen and oxygen atoms in total. The number of nitrogens with two attached hydrogens (primary N) is 1. The van der Waals surface area contributed by atoms with E-state index in [1.807, 2.05) is 13.8 Å². The molecule has 0 saturated carbocycles. The SMILES string of the molecule is CCC(C)(CN)C(=O)NCCCOCCOC. The van der Waals surface area contributed by atoms with Crippen LogP contribution in [0.3, 0.4) is 0 Å². The molecule has 0 radical (unpaired) electrons. The predicted molar refractivity (Wildman–Crippen MR) is 67.8 cm³/mol. The van der Waals surface area contributed by atoms with Crippen LogP contribution in [0.4, 0.5) is 0 Å². The fourth-order valence-corrected chi connectivity index (χ4v) is 1.23. The molecule has 0 saturated heterocycles. The molecule has 1 atom stereocenters. The van der Waals surface area contributed by atoms with Gasteiger partial charge < -0.3 is 20.5 Å². The van der Waals surface area contributed by atoms with E-state index in [9.17, 15) is 4.79 Å². The Hall–Kier alpha value is -0.650. The van der Waals surface area contributed by atoms with E-state index in [1.54, 1.807) is 7.11 Å². The van der Waals surface area contributed by atoms with Gasteiger partial charge in [0.15, 0.2) is 0 Å². The molecule has 0 aliphatic rings. The molecule has 0 aromatic rings. The number of hydrogen-bond acceptors (Lipinski definition) is 4. The topological polar surface area (TPSA) is 73.6 Å². The summed E-state index contributed by atoms with van der Waals surface area (Å²) in [5.41, 5.74) is 5.16. The van der Waals surface area contributed by atoms with Crippen LogP contribution in [0.2, 0.25) is 0 Å². The number of nitrogens with one attached hydrogen (secondary N) is 1. The van der Waals surface area contributed by atoms with Crippen molar-refractivity contribution in [3.8, 4) is 0 Å². The minimum Gasteiger partial charge on any atom is -0.382 e. The second-order valence-corrected chi connectivity index (χ2v) is 4.33. The van der Waals surface area contributed by atoms with E-state index in [-0.39, 0.29) is 5.91 Å². The maximum Gasteiger partial charge on any atom is 0.227 e. The van der Waals surface area contributed by atoms with Crippen LogP contribution >= 0.6 is 0 Å². The molecule has 0 fully saturated rings. The van der Waals surface area contributed by atoms with E-state index >= 15 is 0 Å². The molecule has 0 aromatic heterocycles. The Morgan fingerprint density at radius 1 is 1.35 bits per heavy atom. The third-order valence-electron chi connectivity index (χ3n) is 2.96. The number of rotatable bonds is 10. The monoisotopic (exact) mass is 246 g/mol. The van der Waals surface area contributed by atoms with Gasteiger partial charge in [-0.2, -0.15) is 0 Å². The van der Waals surface area contributed by atoms with Crippen molar-refractivity contribution in [2.75, 3.05) is 40.0 Å². The van der Waals surface area contributed by atoms with E-state index in [0.29, 0.717) is 32.9 Å². The highest BCUT2D eigenvalue weighted by atomic mass is 16.5. The van der Waals surface area contributed by atoms with Crippen LogP contribution in [-0.2, 0) is 14.3 Å². The zero-order chi connectivity index (χ0) is 13.1. The van der Waals surface area contributed by atoms with Crippen LogP contribution in [0.25, 0.3) is 0 Å². The number of carbonyl (C=O) groups excluding carboxylic acids is 1. The summed E-state index contributed by atoms with van der Waals surface area (Å²) < 4.78 is 10.1. The Morgan fingerprint density at radius 3 is 2.59 bits per heavy atom. The molecule has 0 aliphatic carbocycles. The van der Waals surface area contributed by atoms with Crippen molar-refractivity contribution in [1.29, 1.82) is 0 Å². The lowest BCUT2D eigenvalue weighted by Crippen LogP contribution is -2.43. The van der Waals surface area contributed by atoms with Crippen LogP contribution in [0, 0.1) is 5.41 Å². The molecule has 0 heterocycles. The van der Waals surface area contributed by atoms with Crippen molar-refractivity contribution in [2.45, 2.75) is 26.7 Å². The van der Waals surface area contributed by atoms with Crippen molar-refractivity contribution in [1.82, 2.24) is 5.32 Å². The van der Waals surface area contributed by atoms with E-state index in [2.05, 4.69) is 5.32 Å². The average molecular weight is 246 g/mol. The number of carbonyl (C=O) groups is 1. The largest absolute Gasteiger partial charge is 0.382 e. The Labute approximate surface area is 104 Å². The number of ether oxygens (including phenoxy) is 2. The third kappa shape index (κ3) is 6.61. The van der Waals surface area contributed by atoms with Crippen molar-refractivity contribution in [2.24, 2.45) is 11.1 Å². The molecule has 5 heteroatoms.